The number of aromatic nitrogens is 1. The molecule has 0 radical (unpaired) electrons. The lowest BCUT2D eigenvalue weighted by Crippen LogP contribution is -2.44. The van der Waals surface area contributed by atoms with Gasteiger partial charge in [-0.1, -0.05) is 25.8 Å². The molecule has 0 saturated heterocycles. The van der Waals surface area contributed by atoms with Gasteiger partial charge in [0.05, 0.1) is 7.11 Å². The van der Waals surface area contributed by atoms with Crippen molar-refractivity contribution in [3.8, 4) is 5.75 Å². The van der Waals surface area contributed by atoms with E-state index in [4.69, 9.17) is 4.74 Å². The summed E-state index contributed by atoms with van der Waals surface area (Å²) in [6.45, 7) is 2.83. The standard InChI is InChI=1S/C31H40N2O3/c1-31-15-12-26-25-11-9-24(36-2)18-22(25)8-10-27(26)30(31)23(19-28(31)34)6-4-3-5-7-29(35)33-20-21-13-16-32-17-14-21/h9,11,13-14,16-18,23,26-27,30H,3-8,10,12,15,19-20H2,1-2H3,(H,33,35)/t23-,26?,27?,30?,31-/m1/s1. The summed E-state index contributed by atoms with van der Waals surface area (Å²) in [4.78, 5) is 29.5. The van der Waals surface area contributed by atoms with Crippen molar-refractivity contribution in [2.45, 2.75) is 83.6 Å². The van der Waals surface area contributed by atoms with E-state index in [-0.39, 0.29) is 11.3 Å². The molecule has 36 heavy (non-hydrogen) atoms. The van der Waals surface area contributed by atoms with E-state index in [0.29, 0.717) is 42.4 Å². The number of carbonyl (C=O) groups is 2. The molecule has 2 aromatic rings. The number of benzene rings is 1. The van der Waals surface area contributed by atoms with Crippen LogP contribution in [0.1, 0.15) is 87.3 Å². The van der Waals surface area contributed by atoms with Crippen LogP contribution >= 0.6 is 0 Å². The normalized spacial score (nSPS) is 28.7. The van der Waals surface area contributed by atoms with Gasteiger partial charge < -0.3 is 10.1 Å². The van der Waals surface area contributed by atoms with Crippen LogP contribution in [0.3, 0.4) is 0 Å². The number of nitrogens with zero attached hydrogens (tertiary/aromatic N) is 1. The van der Waals surface area contributed by atoms with Gasteiger partial charge in [-0.25, -0.2) is 0 Å². The predicted molar refractivity (Wildman–Crippen MR) is 141 cm³/mol. The number of pyridine rings is 1. The highest BCUT2D eigenvalue weighted by Crippen LogP contribution is 2.62. The zero-order valence-electron chi connectivity index (χ0n) is 21.8. The molecule has 0 aliphatic heterocycles. The van der Waals surface area contributed by atoms with Gasteiger partial charge in [0.1, 0.15) is 11.5 Å². The molecule has 5 rings (SSSR count). The SMILES string of the molecule is COc1ccc2c(c1)CCC1C2CC[C@]2(C)C(=O)C[C@@H](CCCCCC(=O)NCc3ccncc3)C12. The van der Waals surface area contributed by atoms with E-state index in [0.717, 1.165) is 62.7 Å². The molecule has 1 amide bonds. The Hall–Kier alpha value is -2.69. The first-order valence-corrected chi connectivity index (χ1v) is 13.9. The Morgan fingerprint density at radius 2 is 1.97 bits per heavy atom. The lowest BCUT2D eigenvalue weighted by molar-refractivity contribution is -0.129. The summed E-state index contributed by atoms with van der Waals surface area (Å²) in [5.74, 6) is 3.76. The molecule has 5 nitrogen and oxygen atoms in total. The third-order valence-electron chi connectivity index (χ3n) is 9.50. The molecular weight excluding hydrogens is 448 g/mol. The third kappa shape index (κ3) is 4.94. The van der Waals surface area contributed by atoms with Crippen LogP contribution in [0.25, 0.3) is 0 Å². The van der Waals surface area contributed by atoms with Crippen molar-refractivity contribution >= 4 is 11.7 Å². The van der Waals surface area contributed by atoms with Crippen molar-refractivity contribution < 1.29 is 14.3 Å². The van der Waals surface area contributed by atoms with Gasteiger partial charge in [-0.2, -0.15) is 0 Å². The molecular formula is C31H40N2O3. The Bertz CT molecular complexity index is 1080. The topological polar surface area (TPSA) is 68.3 Å². The number of methoxy groups -OCH3 is 1. The second-order valence-corrected chi connectivity index (χ2v) is 11.5. The maximum Gasteiger partial charge on any atom is 0.220 e. The lowest BCUT2D eigenvalue weighted by Gasteiger charge is -2.50. The fourth-order valence-corrected chi connectivity index (χ4v) is 7.67. The minimum Gasteiger partial charge on any atom is -0.497 e. The number of ether oxygens (including phenoxy) is 1. The largest absolute Gasteiger partial charge is 0.497 e. The number of aryl methyl sites for hydroxylation is 1. The molecule has 1 N–H and O–H groups in total. The molecule has 1 aromatic carbocycles. The Kier molecular flexibility index (Phi) is 7.45. The quantitative estimate of drug-likeness (QED) is 0.439. The summed E-state index contributed by atoms with van der Waals surface area (Å²) in [5.41, 5.74) is 3.89. The van der Waals surface area contributed by atoms with Crippen molar-refractivity contribution in [3.63, 3.8) is 0 Å². The smallest absolute Gasteiger partial charge is 0.220 e. The molecule has 192 valence electrons. The highest BCUT2D eigenvalue weighted by atomic mass is 16.5. The van der Waals surface area contributed by atoms with Crippen molar-refractivity contribution in [1.29, 1.82) is 0 Å². The number of hydrogen-bond donors (Lipinski definition) is 1. The third-order valence-corrected chi connectivity index (χ3v) is 9.50. The van der Waals surface area contributed by atoms with Crippen LogP contribution in [0, 0.1) is 23.2 Å². The number of Topliss-reactive ketones (excluding diaryl/α,β-unsaturated/α-hetero) is 1. The van der Waals surface area contributed by atoms with E-state index in [2.05, 4.69) is 35.4 Å². The van der Waals surface area contributed by atoms with Crippen LogP contribution in [0.2, 0.25) is 0 Å². The van der Waals surface area contributed by atoms with Gasteiger partial charge in [-0.3, -0.25) is 14.6 Å². The number of amides is 1. The monoisotopic (exact) mass is 488 g/mol. The Morgan fingerprint density at radius 1 is 1.14 bits per heavy atom. The molecule has 0 bridgehead atoms. The minimum atomic E-state index is -0.136. The van der Waals surface area contributed by atoms with E-state index >= 15 is 0 Å². The van der Waals surface area contributed by atoms with Gasteiger partial charge in [0, 0.05) is 37.2 Å². The summed E-state index contributed by atoms with van der Waals surface area (Å²) in [5, 5.41) is 3.01. The molecule has 2 fully saturated rings. The number of hydrogen-bond acceptors (Lipinski definition) is 4. The van der Waals surface area contributed by atoms with E-state index in [1.165, 1.54) is 17.5 Å². The molecule has 5 heteroatoms. The highest BCUT2D eigenvalue weighted by molar-refractivity contribution is 5.87. The summed E-state index contributed by atoms with van der Waals surface area (Å²) >= 11 is 0. The van der Waals surface area contributed by atoms with Crippen LogP contribution < -0.4 is 10.1 Å². The number of ketones is 1. The second kappa shape index (κ2) is 10.7. The van der Waals surface area contributed by atoms with E-state index < -0.39 is 0 Å². The van der Waals surface area contributed by atoms with E-state index in [1.807, 2.05) is 12.1 Å². The average molecular weight is 489 g/mol. The molecule has 3 aliphatic carbocycles. The lowest BCUT2D eigenvalue weighted by atomic mass is 9.54. The van der Waals surface area contributed by atoms with Crippen LogP contribution in [0.15, 0.2) is 42.7 Å². The molecule has 3 unspecified atom stereocenters. The van der Waals surface area contributed by atoms with Crippen molar-refractivity contribution in [3.05, 3.63) is 59.4 Å². The van der Waals surface area contributed by atoms with Gasteiger partial charge in [-0.05, 0) is 103 Å². The van der Waals surface area contributed by atoms with Crippen LogP contribution in [-0.2, 0) is 22.6 Å². The average Bonchev–Trinajstić information content (AvgIpc) is 3.16. The van der Waals surface area contributed by atoms with Crippen molar-refractivity contribution in [2.75, 3.05) is 7.11 Å². The van der Waals surface area contributed by atoms with Crippen LogP contribution in [0.5, 0.6) is 5.75 Å². The fraction of sp³-hybridized carbons (Fsp3) is 0.581. The molecule has 3 aliphatic rings. The Labute approximate surface area is 215 Å². The molecule has 0 spiro atoms. The second-order valence-electron chi connectivity index (χ2n) is 11.5. The van der Waals surface area contributed by atoms with Crippen LogP contribution in [0.4, 0.5) is 0 Å². The van der Waals surface area contributed by atoms with Gasteiger partial charge in [0.2, 0.25) is 5.91 Å². The number of carbonyl (C=O) groups excluding carboxylic acids is 2. The summed E-state index contributed by atoms with van der Waals surface area (Å²) in [6, 6.07) is 10.5. The zero-order valence-corrected chi connectivity index (χ0v) is 21.8. The van der Waals surface area contributed by atoms with E-state index in [9.17, 15) is 9.59 Å². The van der Waals surface area contributed by atoms with E-state index in [1.54, 1.807) is 19.5 Å². The highest BCUT2D eigenvalue weighted by Gasteiger charge is 2.58. The van der Waals surface area contributed by atoms with Gasteiger partial charge >= 0.3 is 0 Å². The zero-order chi connectivity index (χ0) is 25.1. The van der Waals surface area contributed by atoms with Crippen LogP contribution in [-0.4, -0.2) is 23.8 Å². The first-order chi connectivity index (χ1) is 17.5. The predicted octanol–water partition coefficient (Wildman–Crippen LogP) is 6.01. The fourth-order valence-electron chi connectivity index (χ4n) is 7.67. The summed E-state index contributed by atoms with van der Waals surface area (Å²) < 4.78 is 5.47. The Morgan fingerprint density at radius 3 is 2.78 bits per heavy atom. The molecule has 5 atom stereocenters. The number of rotatable bonds is 9. The maximum absolute atomic E-state index is 13.2. The summed E-state index contributed by atoms with van der Waals surface area (Å²) in [7, 11) is 1.74. The molecule has 1 heterocycles. The van der Waals surface area contributed by atoms with Gasteiger partial charge in [-0.15, -0.1) is 0 Å². The first-order valence-electron chi connectivity index (χ1n) is 13.9. The first kappa shape index (κ1) is 25.0. The van der Waals surface area contributed by atoms with Crippen molar-refractivity contribution in [2.24, 2.45) is 23.2 Å². The maximum atomic E-state index is 13.2. The minimum absolute atomic E-state index is 0.114. The van der Waals surface area contributed by atoms with Gasteiger partial charge in [0.15, 0.2) is 0 Å². The number of fused-ring (bicyclic) bond motifs is 5. The Balaban J connectivity index is 1.14. The number of nitrogens with one attached hydrogen (secondary N) is 1. The van der Waals surface area contributed by atoms with Gasteiger partial charge in [0.25, 0.3) is 0 Å². The number of unbranched alkanes of at least 4 members (excludes halogenated alkanes) is 2. The molecule has 1 aromatic heterocycles. The summed E-state index contributed by atoms with van der Waals surface area (Å²) in [6.07, 6.45) is 13.4. The molecule has 2 saturated carbocycles. The van der Waals surface area contributed by atoms with Crippen molar-refractivity contribution in [1.82, 2.24) is 10.3 Å².